The normalized spacial score (nSPS) is 12.3. The molecule has 0 aliphatic rings. The van der Waals surface area contributed by atoms with E-state index in [9.17, 15) is 18.0 Å². The number of carbonyl (C=O) groups excluding carboxylic acids is 1. The summed E-state index contributed by atoms with van der Waals surface area (Å²) in [4.78, 5) is 16.7. The molecule has 0 radical (unpaired) electrons. The van der Waals surface area contributed by atoms with Crippen LogP contribution < -0.4 is 14.8 Å². The van der Waals surface area contributed by atoms with E-state index >= 15 is 0 Å². The summed E-state index contributed by atoms with van der Waals surface area (Å²) >= 11 is 0.950. The van der Waals surface area contributed by atoms with E-state index in [2.05, 4.69) is 10.3 Å². The monoisotopic (exact) mass is 479 g/mol. The van der Waals surface area contributed by atoms with Crippen molar-refractivity contribution in [2.24, 2.45) is 0 Å². The summed E-state index contributed by atoms with van der Waals surface area (Å²) in [6, 6.07) is 13.6. The van der Waals surface area contributed by atoms with E-state index in [1.54, 1.807) is 55.5 Å². The second-order valence-electron chi connectivity index (χ2n) is 7.18. The van der Waals surface area contributed by atoms with Gasteiger partial charge in [-0.15, -0.1) is 0 Å². The van der Waals surface area contributed by atoms with Crippen molar-refractivity contribution in [2.75, 3.05) is 20.0 Å². The Morgan fingerprint density at radius 3 is 2.52 bits per heavy atom. The standard InChI is InChI=1S/C23H24F3N3O3S/c1-15(18-11-17(31-2)9-10-20(18)32-3)28-21(30)13-33-22-27-12-19(16-7-5-4-6-8-16)29(22)14-23(24,25)26/h4-12,15H,13-14H2,1-3H3,(H,28,30). The predicted octanol–water partition coefficient (Wildman–Crippen LogP) is 5.10. The first kappa shape index (κ1) is 24.5. The average Bonchev–Trinajstić information content (AvgIpc) is 3.18. The molecule has 10 heteroatoms. The van der Waals surface area contributed by atoms with Crippen LogP contribution in [0.3, 0.4) is 0 Å². The number of hydrogen-bond acceptors (Lipinski definition) is 5. The zero-order valence-electron chi connectivity index (χ0n) is 18.3. The molecular weight excluding hydrogens is 455 g/mol. The fourth-order valence-electron chi connectivity index (χ4n) is 3.31. The van der Waals surface area contributed by atoms with Crippen LogP contribution in [0.4, 0.5) is 13.2 Å². The smallest absolute Gasteiger partial charge is 0.406 e. The summed E-state index contributed by atoms with van der Waals surface area (Å²) in [7, 11) is 3.07. The zero-order valence-corrected chi connectivity index (χ0v) is 19.2. The van der Waals surface area contributed by atoms with E-state index < -0.39 is 18.8 Å². The maximum Gasteiger partial charge on any atom is 0.406 e. The van der Waals surface area contributed by atoms with E-state index in [0.29, 0.717) is 22.8 Å². The highest BCUT2D eigenvalue weighted by atomic mass is 32.2. The number of carbonyl (C=O) groups is 1. The third kappa shape index (κ3) is 6.44. The summed E-state index contributed by atoms with van der Waals surface area (Å²) in [5.41, 5.74) is 1.68. The largest absolute Gasteiger partial charge is 0.497 e. The Morgan fingerprint density at radius 1 is 1.15 bits per heavy atom. The van der Waals surface area contributed by atoms with Gasteiger partial charge in [0.2, 0.25) is 5.91 Å². The first-order chi connectivity index (χ1) is 15.7. The third-order valence-corrected chi connectivity index (χ3v) is 5.83. The van der Waals surface area contributed by atoms with Gasteiger partial charge >= 0.3 is 6.18 Å². The molecule has 1 amide bonds. The maximum atomic E-state index is 13.2. The zero-order chi connectivity index (χ0) is 24.0. The lowest BCUT2D eigenvalue weighted by molar-refractivity contribution is -0.141. The second-order valence-corrected chi connectivity index (χ2v) is 8.12. The molecule has 0 fully saturated rings. The van der Waals surface area contributed by atoms with Crippen molar-refractivity contribution >= 4 is 17.7 Å². The number of benzene rings is 2. The minimum absolute atomic E-state index is 0.0975. The van der Waals surface area contributed by atoms with Crippen LogP contribution in [0.25, 0.3) is 11.3 Å². The van der Waals surface area contributed by atoms with Gasteiger partial charge < -0.3 is 19.4 Å². The molecule has 0 bridgehead atoms. The van der Waals surface area contributed by atoms with Crippen LogP contribution in [-0.2, 0) is 11.3 Å². The molecule has 176 valence electrons. The Morgan fingerprint density at radius 2 is 1.88 bits per heavy atom. The summed E-state index contributed by atoms with van der Waals surface area (Å²) in [6.07, 6.45) is -3.04. The second kappa shape index (κ2) is 10.7. The van der Waals surface area contributed by atoms with Gasteiger partial charge in [0.15, 0.2) is 5.16 Å². The first-order valence-corrected chi connectivity index (χ1v) is 11.0. The van der Waals surface area contributed by atoms with Crippen LogP contribution in [0.2, 0.25) is 0 Å². The van der Waals surface area contributed by atoms with E-state index in [1.165, 1.54) is 20.4 Å². The summed E-state index contributed by atoms with van der Waals surface area (Å²) in [5.74, 6) is 0.758. The van der Waals surface area contributed by atoms with Gasteiger partial charge in [-0.3, -0.25) is 4.79 Å². The highest BCUT2D eigenvalue weighted by Gasteiger charge is 2.31. The van der Waals surface area contributed by atoms with Crippen LogP contribution in [0.15, 0.2) is 59.9 Å². The number of rotatable bonds is 9. The van der Waals surface area contributed by atoms with E-state index in [4.69, 9.17) is 9.47 Å². The van der Waals surface area contributed by atoms with Gasteiger partial charge in [0.25, 0.3) is 0 Å². The lowest BCUT2D eigenvalue weighted by Gasteiger charge is -2.18. The number of thioether (sulfide) groups is 1. The molecule has 0 spiro atoms. The number of halogens is 3. The molecule has 1 N–H and O–H groups in total. The van der Waals surface area contributed by atoms with Crippen molar-refractivity contribution in [3.05, 3.63) is 60.3 Å². The van der Waals surface area contributed by atoms with Crippen molar-refractivity contribution in [3.8, 4) is 22.8 Å². The SMILES string of the molecule is COc1ccc(OC)c(C(C)NC(=O)CSc2ncc(-c3ccccc3)n2CC(F)(F)F)c1. The van der Waals surface area contributed by atoms with Gasteiger partial charge in [0.05, 0.1) is 37.9 Å². The lowest BCUT2D eigenvalue weighted by Crippen LogP contribution is -2.28. The molecule has 6 nitrogen and oxygen atoms in total. The fourth-order valence-corrected chi connectivity index (χ4v) is 4.10. The minimum atomic E-state index is -4.43. The molecule has 1 unspecified atom stereocenters. The molecule has 3 rings (SSSR count). The Hall–Kier alpha value is -3.14. The Balaban J connectivity index is 1.73. The number of alkyl halides is 3. The van der Waals surface area contributed by atoms with Gasteiger partial charge in [-0.25, -0.2) is 4.98 Å². The number of aromatic nitrogens is 2. The van der Waals surface area contributed by atoms with E-state index in [0.717, 1.165) is 21.9 Å². The van der Waals surface area contributed by atoms with Gasteiger partial charge in [-0.05, 0) is 30.7 Å². The summed E-state index contributed by atoms with van der Waals surface area (Å²) in [6.45, 7) is 0.594. The number of methoxy groups -OCH3 is 2. The van der Waals surface area contributed by atoms with Crippen molar-refractivity contribution in [1.82, 2.24) is 14.9 Å². The minimum Gasteiger partial charge on any atom is -0.497 e. The van der Waals surface area contributed by atoms with Crippen molar-refractivity contribution in [3.63, 3.8) is 0 Å². The summed E-state index contributed by atoms with van der Waals surface area (Å²) < 4.78 is 51.3. The molecule has 1 aromatic heterocycles. The van der Waals surface area contributed by atoms with Crippen molar-refractivity contribution in [2.45, 2.75) is 30.8 Å². The average molecular weight is 480 g/mol. The maximum absolute atomic E-state index is 13.2. The van der Waals surface area contributed by atoms with Crippen LogP contribution in [-0.4, -0.2) is 41.6 Å². The van der Waals surface area contributed by atoms with Crippen LogP contribution >= 0.6 is 11.8 Å². The molecule has 0 saturated carbocycles. The van der Waals surface area contributed by atoms with Gasteiger partial charge in [0, 0.05) is 5.56 Å². The topological polar surface area (TPSA) is 65.4 Å². The Labute approximate surface area is 194 Å². The molecule has 1 heterocycles. The molecule has 3 aromatic rings. The third-order valence-electron chi connectivity index (χ3n) is 4.84. The van der Waals surface area contributed by atoms with Gasteiger partial charge in [-0.2, -0.15) is 13.2 Å². The number of nitrogens with zero attached hydrogens (tertiary/aromatic N) is 2. The number of imidazole rings is 1. The predicted molar refractivity (Wildman–Crippen MR) is 121 cm³/mol. The highest BCUT2D eigenvalue weighted by Crippen LogP contribution is 2.31. The quantitative estimate of drug-likeness (QED) is 0.433. The van der Waals surface area contributed by atoms with Crippen LogP contribution in [0, 0.1) is 0 Å². The van der Waals surface area contributed by atoms with Crippen LogP contribution in [0.1, 0.15) is 18.5 Å². The number of ether oxygens (including phenoxy) is 2. The number of amides is 1. The van der Waals surface area contributed by atoms with Gasteiger partial charge in [-0.1, -0.05) is 42.1 Å². The van der Waals surface area contributed by atoms with E-state index in [1.807, 2.05) is 0 Å². The fraction of sp³-hybridized carbons (Fsp3) is 0.304. The summed E-state index contributed by atoms with van der Waals surface area (Å²) in [5, 5.41) is 2.96. The highest BCUT2D eigenvalue weighted by molar-refractivity contribution is 7.99. The van der Waals surface area contributed by atoms with Gasteiger partial charge in [0.1, 0.15) is 18.0 Å². The number of nitrogens with one attached hydrogen (secondary N) is 1. The molecule has 2 aromatic carbocycles. The number of hydrogen-bond donors (Lipinski definition) is 1. The molecular formula is C23H24F3N3O3S. The van der Waals surface area contributed by atoms with E-state index in [-0.39, 0.29) is 16.8 Å². The van der Waals surface area contributed by atoms with Crippen molar-refractivity contribution in [1.29, 1.82) is 0 Å². The molecule has 0 saturated heterocycles. The van der Waals surface area contributed by atoms with Crippen molar-refractivity contribution < 1.29 is 27.4 Å². The first-order valence-electron chi connectivity index (χ1n) is 10.0. The molecule has 33 heavy (non-hydrogen) atoms. The molecule has 1 atom stereocenters. The molecule has 0 aliphatic carbocycles. The molecule has 0 aliphatic heterocycles. The Kier molecular flexibility index (Phi) is 7.91. The Bertz CT molecular complexity index is 1090. The van der Waals surface area contributed by atoms with Crippen LogP contribution in [0.5, 0.6) is 11.5 Å². The lowest BCUT2D eigenvalue weighted by atomic mass is 10.1.